The van der Waals surface area contributed by atoms with Crippen LogP contribution in [0.1, 0.15) is 34.9 Å². The number of hydrogen-bond donors (Lipinski definition) is 1. The molecule has 0 aliphatic heterocycles. The summed E-state index contributed by atoms with van der Waals surface area (Å²) in [4.78, 5) is 13.4. The number of benzene rings is 1. The summed E-state index contributed by atoms with van der Waals surface area (Å²) >= 11 is 7.46. The third-order valence-corrected chi connectivity index (χ3v) is 5.54. The molecule has 5 heteroatoms. The molecule has 1 heterocycles. The topological polar surface area (TPSA) is 52.9 Å². The molecule has 1 aromatic carbocycles. The van der Waals surface area contributed by atoms with Gasteiger partial charge >= 0.3 is 0 Å². The highest BCUT2D eigenvalue weighted by Crippen LogP contribution is 2.39. The van der Waals surface area contributed by atoms with Gasteiger partial charge in [-0.2, -0.15) is 5.26 Å². The van der Waals surface area contributed by atoms with E-state index < -0.39 is 0 Å². The van der Waals surface area contributed by atoms with Crippen LogP contribution in [0, 0.1) is 17.2 Å². The van der Waals surface area contributed by atoms with Crippen LogP contribution in [0.25, 0.3) is 6.08 Å². The first-order valence-electron chi connectivity index (χ1n) is 7.86. The van der Waals surface area contributed by atoms with Gasteiger partial charge < -0.3 is 5.32 Å². The van der Waals surface area contributed by atoms with E-state index in [1.54, 1.807) is 18.2 Å². The van der Waals surface area contributed by atoms with Gasteiger partial charge in [-0.05, 0) is 54.5 Å². The van der Waals surface area contributed by atoms with E-state index in [0.717, 1.165) is 30.4 Å². The SMILES string of the molecule is CC1CCc2c(sc(NC(=O)/C=C/c3cccc(Cl)c3)c2C#N)C1. The van der Waals surface area contributed by atoms with Crippen LogP contribution in [0.3, 0.4) is 0 Å². The molecular formula is C19H17ClN2OS. The summed E-state index contributed by atoms with van der Waals surface area (Å²) in [5.41, 5.74) is 2.61. The lowest BCUT2D eigenvalue weighted by Gasteiger charge is -2.17. The lowest BCUT2D eigenvalue weighted by atomic mass is 9.89. The van der Waals surface area contributed by atoms with Crippen LogP contribution >= 0.6 is 22.9 Å². The van der Waals surface area contributed by atoms with Crippen LogP contribution in [-0.4, -0.2) is 5.91 Å². The number of hydrogen-bond acceptors (Lipinski definition) is 3. The van der Waals surface area contributed by atoms with Crippen molar-refractivity contribution < 1.29 is 4.79 Å². The van der Waals surface area contributed by atoms with E-state index >= 15 is 0 Å². The Morgan fingerprint density at radius 1 is 1.50 bits per heavy atom. The molecule has 1 N–H and O–H groups in total. The Bertz CT molecular complexity index is 848. The fourth-order valence-electron chi connectivity index (χ4n) is 2.89. The Kier molecular flexibility index (Phi) is 5.03. The molecule has 0 bridgehead atoms. The molecule has 1 atom stereocenters. The fraction of sp³-hybridized carbons (Fsp3) is 0.263. The van der Waals surface area contributed by atoms with Gasteiger partial charge in [0.2, 0.25) is 5.91 Å². The van der Waals surface area contributed by atoms with E-state index in [9.17, 15) is 10.1 Å². The van der Waals surface area contributed by atoms with Crippen molar-refractivity contribution in [3.63, 3.8) is 0 Å². The summed E-state index contributed by atoms with van der Waals surface area (Å²) in [6.45, 7) is 2.22. The molecule has 1 unspecified atom stereocenters. The molecule has 3 nitrogen and oxygen atoms in total. The molecule has 0 radical (unpaired) electrons. The predicted octanol–water partition coefficient (Wildman–Crippen LogP) is 5.05. The number of amides is 1. The van der Waals surface area contributed by atoms with Crippen LogP contribution < -0.4 is 5.32 Å². The number of nitrogens with one attached hydrogen (secondary N) is 1. The van der Waals surface area contributed by atoms with Crippen molar-refractivity contribution in [2.45, 2.75) is 26.2 Å². The minimum atomic E-state index is -0.238. The largest absolute Gasteiger partial charge is 0.313 e. The minimum absolute atomic E-state index is 0.238. The standard InChI is InChI=1S/C19H17ClN2OS/c1-12-5-7-15-16(11-21)19(24-17(15)9-12)22-18(23)8-6-13-3-2-4-14(20)10-13/h2-4,6,8,10,12H,5,7,9H2,1H3,(H,22,23)/b8-6+. The average molecular weight is 357 g/mol. The zero-order valence-corrected chi connectivity index (χ0v) is 14.9. The van der Waals surface area contributed by atoms with E-state index in [2.05, 4.69) is 18.3 Å². The molecule has 0 spiro atoms. The van der Waals surface area contributed by atoms with Crippen LogP contribution in [0.5, 0.6) is 0 Å². The zero-order valence-electron chi connectivity index (χ0n) is 13.3. The van der Waals surface area contributed by atoms with Crippen molar-refractivity contribution in [1.29, 1.82) is 5.26 Å². The molecule has 1 aliphatic rings. The molecular weight excluding hydrogens is 340 g/mol. The van der Waals surface area contributed by atoms with E-state index in [1.165, 1.54) is 22.3 Å². The molecule has 24 heavy (non-hydrogen) atoms. The lowest BCUT2D eigenvalue weighted by Crippen LogP contribution is -2.10. The summed E-state index contributed by atoms with van der Waals surface area (Å²) in [7, 11) is 0. The first-order chi connectivity index (χ1) is 11.6. The molecule has 0 saturated heterocycles. The second-order valence-corrected chi connectivity index (χ2v) is 7.59. The molecule has 0 saturated carbocycles. The Labute approximate surface area is 150 Å². The van der Waals surface area contributed by atoms with Gasteiger partial charge in [0, 0.05) is 16.0 Å². The molecule has 122 valence electrons. The smallest absolute Gasteiger partial charge is 0.249 e. The van der Waals surface area contributed by atoms with E-state index in [-0.39, 0.29) is 5.91 Å². The van der Waals surface area contributed by atoms with Gasteiger partial charge in [0.1, 0.15) is 11.1 Å². The van der Waals surface area contributed by atoms with Gasteiger partial charge in [0.15, 0.2) is 0 Å². The molecule has 3 rings (SSSR count). The van der Waals surface area contributed by atoms with Crippen LogP contribution in [0.15, 0.2) is 30.3 Å². The number of nitrogens with zero attached hydrogens (tertiary/aromatic N) is 1. The Morgan fingerprint density at radius 2 is 2.33 bits per heavy atom. The summed E-state index contributed by atoms with van der Waals surface area (Å²) in [5, 5.41) is 13.6. The Balaban J connectivity index is 1.76. The zero-order chi connectivity index (χ0) is 17.1. The van der Waals surface area contributed by atoms with Crippen molar-refractivity contribution in [1.82, 2.24) is 0 Å². The van der Waals surface area contributed by atoms with Gasteiger partial charge in [-0.15, -0.1) is 11.3 Å². The van der Waals surface area contributed by atoms with Crippen molar-refractivity contribution in [3.05, 3.63) is 56.9 Å². The second kappa shape index (κ2) is 7.21. The third-order valence-electron chi connectivity index (χ3n) is 4.14. The summed E-state index contributed by atoms with van der Waals surface area (Å²) in [6.07, 6.45) is 6.19. The van der Waals surface area contributed by atoms with Crippen LogP contribution in [0.2, 0.25) is 5.02 Å². The normalized spacial score (nSPS) is 16.6. The lowest BCUT2D eigenvalue weighted by molar-refractivity contribution is -0.111. The molecule has 2 aromatic rings. The maximum Gasteiger partial charge on any atom is 0.249 e. The number of carbonyl (C=O) groups is 1. The summed E-state index contributed by atoms with van der Waals surface area (Å²) < 4.78 is 0. The number of rotatable bonds is 3. The van der Waals surface area contributed by atoms with Gasteiger partial charge in [-0.25, -0.2) is 0 Å². The number of nitriles is 1. The van der Waals surface area contributed by atoms with E-state index in [4.69, 9.17) is 11.6 Å². The highest BCUT2D eigenvalue weighted by Gasteiger charge is 2.24. The first kappa shape index (κ1) is 16.8. The molecule has 1 aliphatic carbocycles. The first-order valence-corrected chi connectivity index (χ1v) is 9.05. The fourth-order valence-corrected chi connectivity index (χ4v) is 4.46. The van der Waals surface area contributed by atoms with Gasteiger partial charge in [-0.3, -0.25) is 4.79 Å². The summed E-state index contributed by atoms with van der Waals surface area (Å²) in [6, 6.07) is 9.55. The van der Waals surface area contributed by atoms with Crippen LogP contribution in [-0.2, 0) is 17.6 Å². The number of halogens is 1. The summed E-state index contributed by atoms with van der Waals surface area (Å²) in [5.74, 6) is 0.395. The van der Waals surface area contributed by atoms with Crippen molar-refractivity contribution in [2.75, 3.05) is 5.32 Å². The van der Waals surface area contributed by atoms with Crippen molar-refractivity contribution in [2.24, 2.45) is 5.92 Å². The number of anilines is 1. The number of fused-ring (bicyclic) bond motifs is 1. The number of carbonyl (C=O) groups excluding carboxylic acids is 1. The monoisotopic (exact) mass is 356 g/mol. The van der Waals surface area contributed by atoms with Gasteiger partial charge in [-0.1, -0.05) is 30.7 Å². The van der Waals surface area contributed by atoms with Crippen molar-refractivity contribution in [3.8, 4) is 6.07 Å². The minimum Gasteiger partial charge on any atom is -0.313 e. The van der Waals surface area contributed by atoms with Gasteiger partial charge in [0.25, 0.3) is 0 Å². The predicted molar refractivity (Wildman–Crippen MR) is 99.3 cm³/mol. The van der Waals surface area contributed by atoms with E-state index in [0.29, 0.717) is 21.5 Å². The highest BCUT2D eigenvalue weighted by atomic mass is 35.5. The quantitative estimate of drug-likeness (QED) is 0.782. The maximum atomic E-state index is 12.2. The molecule has 0 fully saturated rings. The Hall–Kier alpha value is -2.09. The van der Waals surface area contributed by atoms with Gasteiger partial charge in [0.05, 0.1) is 5.56 Å². The highest BCUT2D eigenvalue weighted by molar-refractivity contribution is 7.16. The molecule has 1 aromatic heterocycles. The second-order valence-electron chi connectivity index (χ2n) is 6.05. The molecule has 1 amide bonds. The average Bonchev–Trinajstić information content (AvgIpc) is 2.89. The third kappa shape index (κ3) is 3.69. The van der Waals surface area contributed by atoms with Crippen LogP contribution in [0.4, 0.5) is 5.00 Å². The van der Waals surface area contributed by atoms with E-state index in [1.807, 2.05) is 12.1 Å². The number of thiophene rings is 1. The maximum absolute atomic E-state index is 12.2. The van der Waals surface area contributed by atoms with Crippen molar-refractivity contribution >= 4 is 39.9 Å². The Morgan fingerprint density at radius 3 is 3.08 bits per heavy atom.